The van der Waals surface area contributed by atoms with Crippen LogP contribution < -0.4 is 5.32 Å². The van der Waals surface area contributed by atoms with Crippen molar-refractivity contribution in [2.45, 2.75) is 52.7 Å². The molecule has 0 aromatic carbocycles. The first-order valence-corrected chi connectivity index (χ1v) is 5.76. The molecule has 2 heteroatoms. The Balaban J connectivity index is 4.21. The molecule has 0 aliphatic carbocycles. The van der Waals surface area contributed by atoms with Crippen LogP contribution in [0.5, 0.6) is 0 Å². The molecule has 0 amide bonds. The van der Waals surface area contributed by atoms with Crippen LogP contribution in [0, 0.1) is 11.8 Å². The third kappa shape index (κ3) is 4.43. The molecule has 0 radical (unpaired) electrons. The van der Waals surface area contributed by atoms with E-state index in [2.05, 4.69) is 33.0 Å². The van der Waals surface area contributed by atoms with Gasteiger partial charge in [-0.25, -0.2) is 0 Å². The first-order valence-electron chi connectivity index (χ1n) is 5.76. The molecular formula is C12H27NO. The van der Waals surface area contributed by atoms with E-state index in [1.54, 1.807) is 0 Å². The molecular weight excluding hydrogens is 174 g/mol. The van der Waals surface area contributed by atoms with Crippen molar-refractivity contribution in [3.05, 3.63) is 0 Å². The quantitative estimate of drug-likeness (QED) is 0.684. The molecule has 0 spiro atoms. The number of rotatable bonds is 7. The molecule has 0 saturated heterocycles. The SMILES string of the molecule is CCC(C)CC(NC)C(OC)C(C)C. The maximum atomic E-state index is 5.55. The largest absolute Gasteiger partial charge is 0.380 e. The van der Waals surface area contributed by atoms with Crippen LogP contribution in [0.25, 0.3) is 0 Å². The van der Waals surface area contributed by atoms with E-state index in [0.717, 1.165) is 5.92 Å². The second-order valence-electron chi connectivity index (χ2n) is 4.59. The van der Waals surface area contributed by atoms with Gasteiger partial charge in [0.2, 0.25) is 0 Å². The Bertz CT molecular complexity index is 136. The summed E-state index contributed by atoms with van der Waals surface area (Å²) in [4.78, 5) is 0. The number of hydrogen-bond acceptors (Lipinski definition) is 2. The molecule has 2 nitrogen and oxygen atoms in total. The van der Waals surface area contributed by atoms with Crippen molar-refractivity contribution in [2.24, 2.45) is 11.8 Å². The van der Waals surface area contributed by atoms with E-state index in [1.807, 2.05) is 14.2 Å². The molecule has 0 aliphatic heterocycles. The fourth-order valence-electron chi connectivity index (χ4n) is 1.92. The predicted octanol–water partition coefficient (Wildman–Crippen LogP) is 2.68. The lowest BCUT2D eigenvalue weighted by molar-refractivity contribution is 0.0286. The fourth-order valence-corrected chi connectivity index (χ4v) is 1.92. The van der Waals surface area contributed by atoms with Gasteiger partial charge in [-0.15, -0.1) is 0 Å². The van der Waals surface area contributed by atoms with Crippen LogP contribution >= 0.6 is 0 Å². The van der Waals surface area contributed by atoms with E-state index in [-0.39, 0.29) is 0 Å². The highest BCUT2D eigenvalue weighted by molar-refractivity contribution is 4.79. The maximum absolute atomic E-state index is 5.55. The van der Waals surface area contributed by atoms with Crippen LogP contribution in [0.2, 0.25) is 0 Å². The highest BCUT2D eigenvalue weighted by atomic mass is 16.5. The van der Waals surface area contributed by atoms with Gasteiger partial charge in [-0.05, 0) is 25.3 Å². The molecule has 3 unspecified atom stereocenters. The van der Waals surface area contributed by atoms with Gasteiger partial charge in [0.25, 0.3) is 0 Å². The lowest BCUT2D eigenvalue weighted by Crippen LogP contribution is -2.43. The summed E-state index contributed by atoms with van der Waals surface area (Å²) in [6, 6.07) is 0.481. The smallest absolute Gasteiger partial charge is 0.0747 e. The van der Waals surface area contributed by atoms with Gasteiger partial charge in [0.1, 0.15) is 0 Å². The molecule has 14 heavy (non-hydrogen) atoms. The second-order valence-corrected chi connectivity index (χ2v) is 4.59. The molecule has 0 bridgehead atoms. The van der Waals surface area contributed by atoms with Gasteiger partial charge in [0.05, 0.1) is 6.10 Å². The van der Waals surface area contributed by atoms with Gasteiger partial charge >= 0.3 is 0 Å². The van der Waals surface area contributed by atoms with Crippen LogP contribution in [0.1, 0.15) is 40.5 Å². The Kier molecular flexibility index (Phi) is 7.20. The van der Waals surface area contributed by atoms with Crippen LogP contribution in [0.15, 0.2) is 0 Å². The minimum atomic E-state index is 0.328. The Hall–Kier alpha value is -0.0800. The fraction of sp³-hybridized carbons (Fsp3) is 1.00. The zero-order valence-electron chi connectivity index (χ0n) is 10.6. The average Bonchev–Trinajstić information content (AvgIpc) is 2.16. The molecule has 0 fully saturated rings. The van der Waals surface area contributed by atoms with Crippen molar-refractivity contribution in [3.8, 4) is 0 Å². The molecule has 0 aromatic heterocycles. The van der Waals surface area contributed by atoms with E-state index in [4.69, 9.17) is 4.74 Å². The monoisotopic (exact) mass is 201 g/mol. The Labute approximate surface area is 89.4 Å². The number of likely N-dealkylation sites (N-methyl/N-ethyl adjacent to an activating group) is 1. The van der Waals surface area contributed by atoms with Gasteiger partial charge in [0, 0.05) is 13.2 Å². The highest BCUT2D eigenvalue weighted by Crippen LogP contribution is 2.18. The van der Waals surface area contributed by atoms with E-state index in [0.29, 0.717) is 18.1 Å². The predicted molar refractivity (Wildman–Crippen MR) is 62.6 cm³/mol. The summed E-state index contributed by atoms with van der Waals surface area (Å²) in [6.45, 7) is 8.98. The number of nitrogens with one attached hydrogen (secondary N) is 1. The third-order valence-corrected chi connectivity index (χ3v) is 3.05. The van der Waals surface area contributed by atoms with Gasteiger partial charge < -0.3 is 10.1 Å². The lowest BCUT2D eigenvalue weighted by atomic mass is 9.91. The van der Waals surface area contributed by atoms with Gasteiger partial charge in [-0.3, -0.25) is 0 Å². The van der Waals surface area contributed by atoms with Crippen molar-refractivity contribution in [1.82, 2.24) is 5.32 Å². The van der Waals surface area contributed by atoms with E-state index < -0.39 is 0 Å². The second kappa shape index (κ2) is 7.24. The highest BCUT2D eigenvalue weighted by Gasteiger charge is 2.23. The molecule has 1 N–H and O–H groups in total. The Morgan fingerprint density at radius 2 is 1.79 bits per heavy atom. The molecule has 86 valence electrons. The van der Waals surface area contributed by atoms with Crippen molar-refractivity contribution in [1.29, 1.82) is 0 Å². The van der Waals surface area contributed by atoms with Gasteiger partial charge in [0.15, 0.2) is 0 Å². The van der Waals surface area contributed by atoms with E-state index in [9.17, 15) is 0 Å². The van der Waals surface area contributed by atoms with Crippen LogP contribution in [0.4, 0.5) is 0 Å². The van der Waals surface area contributed by atoms with Crippen molar-refractivity contribution in [3.63, 3.8) is 0 Å². The average molecular weight is 201 g/mol. The summed E-state index contributed by atoms with van der Waals surface area (Å²) in [7, 11) is 3.84. The molecule has 3 atom stereocenters. The molecule has 0 aliphatic rings. The van der Waals surface area contributed by atoms with Gasteiger partial charge in [-0.2, -0.15) is 0 Å². The number of ether oxygens (including phenoxy) is 1. The van der Waals surface area contributed by atoms with Crippen molar-refractivity contribution in [2.75, 3.05) is 14.2 Å². The van der Waals surface area contributed by atoms with Crippen LogP contribution in [-0.4, -0.2) is 26.3 Å². The summed E-state index contributed by atoms with van der Waals surface area (Å²) in [5.41, 5.74) is 0. The molecule has 0 rings (SSSR count). The van der Waals surface area contributed by atoms with Gasteiger partial charge in [-0.1, -0.05) is 34.1 Å². The Morgan fingerprint density at radius 1 is 1.21 bits per heavy atom. The standard InChI is InChI=1S/C12H27NO/c1-7-10(4)8-11(13-5)12(14-6)9(2)3/h9-13H,7-8H2,1-6H3. The molecule has 0 heterocycles. The van der Waals surface area contributed by atoms with Crippen LogP contribution in [0.3, 0.4) is 0 Å². The summed E-state index contributed by atoms with van der Waals surface area (Å²) < 4.78 is 5.55. The van der Waals surface area contributed by atoms with Crippen LogP contribution in [-0.2, 0) is 4.74 Å². The molecule has 0 aromatic rings. The normalized spacial score (nSPS) is 18.2. The summed E-state index contributed by atoms with van der Waals surface area (Å²) in [5.74, 6) is 1.34. The zero-order chi connectivity index (χ0) is 11.1. The van der Waals surface area contributed by atoms with E-state index >= 15 is 0 Å². The summed E-state index contributed by atoms with van der Waals surface area (Å²) in [6.07, 6.45) is 2.77. The topological polar surface area (TPSA) is 21.3 Å². The summed E-state index contributed by atoms with van der Waals surface area (Å²) in [5, 5.41) is 3.37. The Morgan fingerprint density at radius 3 is 2.07 bits per heavy atom. The van der Waals surface area contributed by atoms with Crippen molar-refractivity contribution >= 4 is 0 Å². The first-order chi connectivity index (χ1) is 6.56. The number of methoxy groups -OCH3 is 1. The van der Waals surface area contributed by atoms with Crippen molar-refractivity contribution < 1.29 is 4.74 Å². The zero-order valence-corrected chi connectivity index (χ0v) is 10.6. The third-order valence-electron chi connectivity index (χ3n) is 3.05. The first kappa shape index (κ1) is 13.9. The number of hydrogen-bond donors (Lipinski definition) is 1. The lowest BCUT2D eigenvalue weighted by Gasteiger charge is -2.30. The molecule has 0 saturated carbocycles. The minimum absolute atomic E-state index is 0.328. The minimum Gasteiger partial charge on any atom is -0.380 e. The summed E-state index contributed by atoms with van der Waals surface area (Å²) >= 11 is 0. The van der Waals surface area contributed by atoms with E-state index in [1.165, 1.54) is 12.8 Å². The maximum Gasteiger partial charge on any atom is 0.0747 e.